The number of phenolic OH excluding ortho intramolecular Hbond substituents is 2. The zero-order valence-corrected chi connectivity index (χ0v) is 18.9. The van der Waals surface area contributed by atoms with Crippen molar-refractivity contribution in [2.24, 2.45) is 0 Å². The highest BCUT2D eigenvalue weighted by molar-refractivity contribution is 7.80. The number of rotatable bonds is 4. The maximum absolute atomic E-state index is 13.1. The molecule has 9 heteroatoms. The number of anilines is 1. The van der Waals surface area contributed by atoms with Crippen molar-refractivity contribution in [2.45, 2.75) is 18.9 Å². The Morgan fingerprint density at radius 2 is 1.59 bits per heavy atom. The predicted octanol–water partition coefficient (Wildman–Crippen LogP) is 3.93. The molecule has 8 nitrogen and oxygen atoms in total. The molecule has 0 atom stereocenters. The summed E-state index contributed by atoms with van der Waals surface area (Å²) < 4.78 is 12.0. The number of ether oxygens (including phenoxy) is 2. The van der Waals surface area contributed by atoms with Crippen molar-refractivity contribution < 1.29 is 29.3 Å². The van der Waals surface area contributed by atoms with Gasteiger partial charge in [0.15, 0.2) is 10.7 Å². The van der Waals surface area contributed by atoms with Gasteiger partial charge in [-0.2, -0.15) is 0 Å². The van der Waals surface area contributed by atoms with Gasteiger partial charge in [-0.3, -0.25) is 4.79 Å². The topological polar surface area (TPSA) is 117 Å². The number of hydrogen-bond acceptors (Lipinski definition) is 7. The lowest BCUT2D eigenvalue weighted by Gasteiger charge is -2.36. The van der Waals surface area contributed by atoms with Gasteiger partial charge >= 0.3 is 5.97 Å². The van der Waals surface area contributed by atoms with Crippen molar-refractivity contribution in [1.29, 1.82) is 0 Å². The molecule has 0 saturated heterocycles. The van der Waals surface area contributed by atoms with Gasteiger partial charge in [-0.15, -0.1) is 0 Å². The first-order valence-corrected chi connectivity index (χ1v) is 11.0. The van der Waals surface area contributed by atoms with Crippen LogP contribution in [0.2, 0.25) is 0 Å². The lowest BCUT2D eigenvalue weighted by molar-refractivity contribution is -0.116. The Labute approximate surface area is 200 Å². The van der Waals surface area contributed by atoms with Crippen LogP contribution in [0.15, 0.2) is 54.6 Å². The van der Waals surface area contributed by atoms with Crippen molar-refractivity contribution >= 4 is 34.8 Å². The molecule has 0 aromatic heterocycles. The number of fused-ring (bicyclic) bond motifs is 6. The minimum atomic E-state index is -1.31. The maximum Gasteiger partial charge on any atom is 0.340 e. The molecule has 34 heavy (non-hydrogen) atoms. The van der Waals surface area contributed by atoms with E-state index < -0.39 is 11.6 Å². The highest BCUT2D eigenvalue weighted by Crippen LogP contribution is 2.57. The van der Waals surface area contributed by atoms with Gasteiger partial charge in [-0.1, -0.05) is 6.07 Å². The van der Waals surface area contributed by atoms with Gasteiger partial charge < -0.3 is 30.3 Å². The van der Waals surface area contributed by atoms with Gasteiger partial charge in [0.25, 0.3) is 0 Å². The summed E-state index contributed by atoms with van der Waals surface area (Å²) in [7, 11) is 0. The molecule has 0 amide bonds. The second-order valence-corrected chi connectivity index (χ2v) is 8.54. The summed E-state index contributed by atoms with van der Waals surface area (Å²) in [5.74, 6) is 0.141. The summed E-state index contributed by atoms with van der Waals surface area (Å²) in [6.07, 6.45) is 0.354. The zero-order valence-electron chi connectivity index (χ0n) is 18.0. The van der Waals surface area contributed by atoms with Gasteiger partial charge in [-0.05, 0) is 55.5 Å². The van der Waals surface area contributed by atoms with Gasteiger partial charge in [0.1, 0.15) is 28.8 Å². The summed E-state index contributed by atoms with van der Waals surface area (Å²) >= 11 is 5.28. The van der Waals surface area contributed by atoms with E-state index in [4.69, 9.17) is 21.7 Å². The fourth-order valence-electron chi connectivity index (χ4n) is 4.31. The van der Waals surface area contributed by atoms with Crippen LogP contribution < -0.4 is 15.4 Å². The Kier molecular flexibility index (Phi) is 5.13. The molecule has 172 valence electrons. The van der Waals surface area contributed by atoms with Crippen molar-refractivity contribution in [1.82, 2.24) is 5.32 Å². The van der Waals surface area contributed by atoms with E-state index in [1.807, 2.05) is 0 Å². The SMILES string of the molecule is CC(=O)CCNC(=S)Nc1ccc2c(c1)C(=O)OC21c2ccc(O)cc2Oc2cc(O)ccc21. The predicted molar refractivity (Wildman–Crippen MR) is 128 cm³/mol. The number of phenols is 2. The Morgan fingerprint density at radius 3 is 2.21 bits per heavy atom. The molecule has 0 fully saturated rings. The quantitative estimate of drug-likeness (QED) is 0.328. The minimum Gasteiger partial charge on any atom is -0.508 e. The highest BCUT2D eigenvalue weighted by Gasteiger charge is 2.53. The first-order chi connectivity index (χ1) is 16.3. The number of thiocarbonyl (C=S) groups is 1. The number of nitrogens with one attached hydrogen (secondary N) is 2. The number of benzene rings is 3. The van der Waals surface area contributed by atoms with Gasteiger partial charge in [0.2, 0.25) is 0 Å². The Morgan fingerprint density at radius 1 is 0.971 bits per heavy atom. The normalized spacial score (nSPS) is 14.3. The lowest BCUT2D eigenvalue weighted by Crippen LogP contribution is -2.33. The number of carbonyl (C=O) groups is 2. The van der Waals surface area contributed by atoms with Crippen molar-refractivity contribution in [3.05, 3.63) is 76.9 Å². The van der Waals surface area contributed by atoms with Gasteiger partial charge in [-0.25, -0.2) is 4.79 Å². The van der Waals surface area contributed by atoms with Crippen LogP contribution >= 0.6 is 12.2 Å². The van der Waals surface area contributed by atoms with Crippen LogP contribution in [-0.2, 0) is 15.1 Å². The van der Waals surface area contributed by atoms with Gasteiger partial charge in [0.05, 0.1) is 5.56 Å². The second-order valence-electron chi connectivity index (χ2n) is 8.13. The van der Waals surface area contributed by atoms with E-state index in [1.54, 1.807) is 30.3 Å². The standard InChI is InChI=1S/C25H20N2O6S/c1-13(28)8-9-26-24(34)27-14-2-5-18-17(10-14)23(31)33-25(18)19-6-3-15(29)11-21(19)32-22-12-16(30)4-7-20(22)25/h2-7,10-12,29-30H,8-9H2,1H3,(H2,26,27,34). The summed E-state index contributed by atoms with van der Waals surface area (Å²) in [6.45, 7) is 1.92. The van der Waals surface area contributed by atoms with Crippen LogP contribution in [0.5, 0.6) is 23.0 Å². The number of Topliss-reactive ketones (excluding diaryl/α,β-unsaturated/α-hetero) is 1. The minimum absolute atomic E-state index is 0.00705. The summed E-state index contributed by atoms with van der Waals surface area (Å²) in [6, 6.07) is 14.4. The third-order valence-corrected chi connectivity index (χ3v) is 6.04. The molecule has 0 radical (unpaired) electrons. The summed E-state index contributed by atoms with van der Waals surface area (Å²) in [5, 5.41) is 26.3. The molecule has 4 N–H and O–H groups in total. The first kappa shape index (κ1) is 21.7. The van der Waals surface area contributed by atoms with E-state index in [1.165, 1.54) is 31.2 Å². The number of hydrogen-bond donors (Lipinski definition) is 4. The highest BCUT2D eigenvalue weighted by atomic mass is 32.1. The average molecular weight is 477 g/mol. The molecule has 5 rings (SSSR count). The molecule has 0 saturated carbocycles. The maximum atomic E-state index is 13.1. The Bertz CT molecular complexity index is 1320. The first-order valence-electron chi connectivity index (χ1n) is 10.5. The van der Waals surface area contributed by atoms with Crippen LogP contribution in [-0.4, -0.2) is 33.6 Å². The molecule has 0 aliphatic carbocycles. The second kappa shape index (κ2) is 8.03. The summed E-state index contributed by atoms with van der Waals surface area (Å²) in [5.41, 5.74) is 1.32. The zero-order chi connectivity index (χ0) is 24.0. The smallest absolute Gasteiger partial charge is 0.340 e. The van der Waals surface area contributed by atoms with E-state index in [-0.39, 0.29) is 17.3 Å². The van der Waals surface area contributed by atoms with Crippen molar-refractivity contribution in [2.75, 3.05) is 11.9 Å². The van der Waals surface area contributed by atoms with Crippen molar-refractivity contribution in [3.8, 4) is 23.0 Å². The largest absolute Gasteiger partial charge is 0.508 e. The number of aromatic hydroxyl groups is 2. The fourth-order valence-corrected chi connectivity index (χ4v) is 4.53. The molecule has 2 heterocycles. The number of esters is 1. The average Bonchev–Trinajstić information content (AvgIpc) is 3.05. The lowest BCUT2D eigenvalue weighted by atomic mass is 9.77. The van der Waals surface area contributed by atoms with Crippen LogP contribution in [0.3, 0.4) is 0 Å². The molecule has 3 aromatic rings. The molecule has 2 aliphatic rings. The van der Waals surface area contributed by atoms with Crippen LogP contribution in [0.25, 0.3) is 0 Å². The molecule has 0 unspecified atom stereocenters. The van der Waals surface area contributed by atoms with Crippen LogP contribution in [0, 0.1) is 0 Å². The van der Waals surface area contributed by atoms with E-state index in [9.17, 15) is 19.8 Å². The van der Waals surface area contributed by atoms with Crippen LogP contribution in [0.1, 0.15) is 40.4 Å². The molecular weight excluding hydrogens is 456 g/mol. The van der Waals surface area contributed by atoms with Gasteiger partial charge in [0, 0.05) is 47.5 Å². The Balaban J connectivity index is 1.57. The molecule has 0 bridgehead atoms. The van der Waals surface area contributed by atoms with E-state index in [2.05, 4.69) is 10.6 Å². The molecule has 3 aromatic carbocycles. The fraction of sp³-hybridized carbons (Fsp3) is 0.160. The molecule has 1 spiro atoms. The summed E-state index contributed by atoms with van der Waals surface area (Å²) in [4.78, 5) is 24.2. The number of ketones is 1. The molecular formula is C25H20N2O6S. The van der Waals surface area contributed by atoms with E-state index >= 15 is 0 Å². The monoisotopic (exact) mass is 476 g/mol. The third kappa shape index (κ3) is 3.50. The van der Waals surface area contributed by atoms with E-state index in [0.29, 0.717) is 57.5 Å². The third-order valence-electron chi connectivity index (χ3n) is 5.79. The van der Waals surface area contributed by atoms with Crippen LogP contribution in [0.4, 0.5) is 5.69 Å². The Hall–Kier alpha value is -4.11. The van der Waals surface area contributed by atoms with E-state index in [0.717, 1.165) is 0 Å². The van der Waals surface area contributed by atoms with Crippen molar-refractivity contribution in [3.63, 3.8) is 0 Å². The molecule has 2 aliphatic heterocycles. The number of carbonyl (C=O) groups excluding carboxylic acids is 2.